The minimum Gasteiger partial charge on any atom is -0.339 e. The third kappa shape index (κ3) is 4.83. The van der Waals surface area contributed by atoms with Crippen LogP contribution in [-0.2, 0) is 11.3 Å². The third-order valence-electron chi connectivity index (χ3n) is 3.65. The van der Waals surface area contributed by atoms with Crippen LogP contribution in [0.3, 0.4) is 0 Å². The van der Waals surface area contributed by atoms with Crippen molar-refractivity contribution in [1.29, 1.82) is 5.26 Å². The molecule has 0 saturated heterocycles. The predicted molar refractivity (Wildman–Crippen MR) is 79.7 cm³/mol. The number of benzene rings is 1. The monoisotopic (exact) mass is 291 g/mol. The molecule has 0 fully saturated rings. The molecule has 0 aliphatic heterocycles. The van der Waals surface area contributed by atoms with Gasteiger partial charge in [-0.3, -0.25) is 4.79 Å². The number of hydrogen-bond acceptors (Lipinski definition) is 3. The van der Waals surface area contributed by atoms with E-state index in [0.717, 1.165) is 6.42 Å². The Labute approximate surface area is 125 Å². The third-order valence-corrected chi connectivity index (χ3v) is 3.65. The first-order valence-corrected chi connectivity index (χ1v) is 7.22. The van der Waals surface area contributed by atoms with E-state index in [1.807, 2.05) is 19.9 Å². The van der Waals surface area contributed by atoms with E-state index in [4.69, 9.17) is 11.0 Å². The van der Waals surface area contributed by atoms with Crippen molar-refractivity contribution in [3.8, 4) is 6.07 Å². The summed E-state index contributed by atoms with van der Waals surface area (Å²) in [6.45, 7) is 5.07. The second kappa shape index (κ2) is 8.38. The van der Waals surface area contributed by atoms with E-state index >= 15 is 0 Å². The van der Waals surface area contributed by atoms with Crippen LogP contribution >= 0.6 is 0 Å². The van der Waals surface area contributed by atoms with Crippen LogP contribution in [0.4, 0.5) is 4.39 Å². The van der Waals surface area contributed by atoms with E-state index < -0.39 is 5.82 Å². The van der Waals surface area contributed by atoms with Crippen LogP contribution in [0.25, 0.3) is 0 Å². The van der Waals surface area contributed by atoms with Crippen molar-refractivity contribution in [2.24, 2.45) is 11.7 Å². The summed E-state index contributed by atoms with van der Waals surface area (Å²) in [6, 6.07) is 6.21. The summed E-state index contributed by atoms with van der Waals surface area (Å²) < 4.78 is 13.9. The number of hydrogen-bond donors (Lipinski definition) is 1. The summed E-state index contributed by atoms with van der Waals surface area (Å²) in [5.74, 6) is -0.304. The minimum atomic E-state index is -0.453. The normalized spacial score (nSPS) is 11.8. The lowest BCUT2D eigenvalue weighted by atomic mass is 10.0. The number of amides is 1. The molecule has 1 atom stereocenters. The van der Waals surface area contributed by atoms with E-state index in [0.29, 0.717) is 25.1 Å². The van der Waals surface area contributed by atoms with Crippen molar-refractivity contribution < 1.29 is 9.18 Å². The summed E-state index contributed by atoms with van der Waals surface area (Å²) in [7, 11) is 0. The summed E-state index contributed by atoms with van der Waals surface area (Å²) in [6.07, 6.45) is 1.24. The Kier molecular flexibility index (Phi) is 6.83. The maximum atomic E-state index is 13.9. The van der Waals surface area contributed by atoms with Crippen molar-refractivity contribution in [2.45, 2.75) is 33.2 Å². The number of nitrogens with two attached hydrogens (primary N) is 1. The molecule has 0 aliphatic rings. The zero-order chi connectivity index (χ0) is 15.8. The van der Waals surface area contributed by atoms with Crippen LogP contribution in [0.1, 0.15) is 37.8 Å². The number of nitriles is 1. The average Bonchev–Trinajstić information content (AvgIpc) is 2.50. The molecule has 0 aromatic heterocycles. The minimum absolute atomic E-state index is 0.0152. The fourth-order valence-corrected chi connectivity index (χ4v) is 2.10. The second-order valence-corrected chi connectivity index (χ2v) is 5.04. The fourth-order valence-electron chi connectivity index (χ4n) is 2.10. The Morgan fingerprint density at radius 2 is 2.19 bits per heavy atom. The molecule has 5 heteroatoms. The van der Waals surface area contributed by atoms with Gasteiger partial charge in [0, 0.05) is 25.1 Å². The van der Waals surface area contributed by atoms with Crippen LogP contribution in [-0.4, -0.2) is 23.9 Å². The molecule has 1 aromatic carbocycles. The fraction of sp³-hybridized carbons (Fsp3) is 0.500. The Morgan fingerprint density at radius 3 is 2.67 bits per heavy atom. The lowest BCUT2D eigenvalue weighted by Crippen LogP contribution is -2.33. The van der Waals surface area contributed by atoms with E-state index in [-0.39, 0.29) is 23.9 Å². The Balaban J connectivity index is 2.78. The van der Waals surface area contributed by atoms with Gasteiger partial charge in [-0.25, -0.2) is 4.39 Å². The summed E-state index contributed by atoms with van der Waals surface area (Å²) in [5.41, 5.74) is 6.32. The molecule has 0 saturated carbocycles. The molecular weight excluding hydrogens is 269 g/mol. The highest BCUT2D eigenvalue weighted by Gasteiger charge is 2.18. The zero-order valence-electron chi connectivity index (χ0n) is 12.6. The largest absolute Gasteiger partial charge is 0.339 e. The zero-order valence-corrected chi connectivity index (χ0v) is 12.6. The van der Waals surface area contributed by atoms with Gasteiger partial charge in [-0.15, -0.1) is 0 Å². The van der Waals surface area contributed by atoms with Gasteiger partial charge < -0.3 is 10.6 Å². The molecule has 2 N–H and O–H groups in total. The van der Waals surface area contributed by atoms with Gasteiger partial charge in [0.2, 0.25) is 5.91 Å². The van der Waals surface area contributed by atoms with E-state index in [2.05, 4.69) is 0 Å². The molecule has 21 heavy (non-hydrogen) atoms. The SMILES string of the molecule is CCC(CN)CC(=O)N(CC)Cc1ccc(C#N)cc1F. The molecule has 0 aliphatic carbocycles. The summed E-state index contributed by atoms with van der Waals surface area (Å²) >= 11 is 0. The lowest BCUT2D eigenvalue weighted by molar-refractivity contribution is -0.132. The van der Waals surface area contributed by atoms with Gasteiger partial charge in [-0.05, 0) is 31.5 Å². The van der Waals surface area contributed by atoms with Gasteiger partial charge in [0.15, 0.2) is 0 Å². The highest BCUT2D eigenvalue weighted by atomic mass is 19.1. The first-order chi connectivity index (χ1) is 10.0. The van der Waals surface area contributed by atoms with Crippen LogP contribution in [0.15, 0.2) is 18.2 Å². The standard InChI is InChI=1S/C16H22FN3O/c1-3-12(9-18)8-16(21)20(4-2)11-14-6-5-13(10-19)7-15(14)17/h5-7,12H,3-4,8-9,11,18H2,1-2H3. The smallest absolute Gasteiger partial charge is 0.223 e. The van der Waals surface area contributed by atoms with Gasteiger partial charge in [0.05, 0.1) is 11.6 Å². The molecule has 0 heterocycles. The van der Waals surface area contributed by atoms with Crippen molar-refractivity contribution in [3.63, 3.8) is 0 Å². The number of carbonyl (C=O) groups is 1. The predicted octanol–water partition coefficient (Wildman–Crippen LogP) is 2.42. The van der Waals surface area contributed by atoms with Gasteiger partial charge in [-0.1, -0.05) is 19.4 Å². The lowest BCUT2D eigenvalue weighted by Gasteiger charge is -2.23. The number of nitrogens with zero attached hydrogens (tertiary/aromatic N) is 2. The maximum Gasteiger partial charge on any atom is 0.223 e. The van der Waals surface area contributed by atoms with Crippen LogP contribution in [0.5, 0.6) is 0 Å². The Morgan fingerprint density at radius 1 is 1.48 bits per heavy atom. The number of carbonyl (C=O) groups excluding carboxylic acids is 1. The van der Waals surface area contributed by atoms with Gasteiger partial charge >= 0.3 is 0 Å². The van der Waals surface area contributed by atoms with E-state index in [1.54, 1.807) is 17.0 Å². The van der Waals surface area contributed by atoms with Crippen LogP contribution in [0.2, 0.25) is 0 Å². The molecule has 1 unspecified atom stereocenters. The van der Waals surface area contributed by atoms with Crippen molar-refractivity contribution >= 4 is 5.91 Å². The maximum absolute atomic E-state index is 13.9. The van der Waals surface area contributed by atoms with Crippen molar-refractivity contribution in [3.05, 3.63) is 35.1 Å². The Hall–Kier alpha value is -1.93. The quantitative estimate of drug-likeness (QED) is 0.838. The highest BCUT2D eigenvalue weighted by Crippen LogP contribution is 2.15. The van der Waals surface area contributed by atoms with E-state index in [9.17, 15) is 9.18 Å². The molecule has 0 spiro atoms. The molecule has 4 nitrogen and oxygen atoms in total. The summed E-state index contributed by atoms with van der Waals surface area (Å²) in [4.78, 5) is 13.9. The topological polar surface area (TPSA) is 70.1 Å². The molecule has 1 amide bonds. The van der Waals surface area contributed by atoms with E-state index in [1.165, 1.54) is 6.07 Å². The second-order valence-electron chi connectivity index (χ2n) is 5.04. The molecule has 1 aromatic rings. The molecule has 1 rings (SSSR count). The van der Waals surface area contributed by atoms with Crippen molar-refractivity contribution in [1.82, 2.24) is 4.90 Å². The first-order valence-electron chi connectivity index (χ1n) is 7.22. The molecular formula is C16H22FN3O. The van der Waals surface area contributed by atoms with Gasteiger partial charge in [-0.2, -0.15) is 5.26 Å². The van der Waals surface area contributed by atoms with Crippen molar-refractivity contribution in [2.75, 3.05) is 13.1 Å². The average molecular weight is 291 g/mol. The van der Waals surface area contributed by atoms with Gasteiger partial charge in [0.1, 0.15) is 5.82 Å². The summed E-state index contributed by atoms with van der Waals surface area (Å²) in [5, 5.41) is 8.73. The van der Waals surface area contributed by atoms with Gasteiger partial charge in [0.25, 0.3) is 0 Å². The van der Waals surface area contributed by atoms with Crippen LogP contribution in [0, 0.1) is 23.1 Å². The van der Waals surface area contributed by atoms with Crippen LogP contribution < -0.4 is 5.73 Å². The highest BCUT2D eigenvalue weighted by molar-refractivity contribution is 5.76. The molecule has 114 valence electrons. The molecule has 0 bridgehead atoms. The number of rotatable bonds is 7. The number of halogens is 1. The molecule has 0 radical (unpaired) electrons. The first kappa shape index (κ1) is 17.1. The Bertz CT molecular complexity index is 521.